The first-order chi connectivity index (χ1) is 6.24. The highest BCUT2D eigenvalue weighted by molar-refractivity contribution is 7.98. The Balaban J connectivity index is 2.63. The SMILES string of the molecule is C=CCSCc1cc(=O)c(O)co1. The average Bonchev–Trinajstić information content (AvgIpc) is 2.12. The maximum Gasteiger partial charge on any atom is 0.226 e. The Morgan fingerprint density at radius 1 is 1.69 bits per heavy atom. The molecule has 0 atom stereocenters. The van der Waals surface area contributed by atoms with Crippen molar-refractivity contribution in [1.29, 1.82) is 0 Å². The summed E-state index contributed by atoms with van der Waals surface area (Å²) < 4.78 is 4.98. The van der Waals surface area contributed by atoms with E-state index in [-0.39, 0.29) is 5.75 Å². The summed E-state index contributed by atoms with van der Waals surface area (Å²) in [6.45, 7) is 3.57. The van der Waals surface area contributed by atoms with E-state index in [1.165, 1.54) is 6.07 Å². The zero-order chi connectivity index (χ0) is 9.68. The third-order valence-electron chi connectivity index (χ3n) is 1.35. The number of hydrogen-bond donors (Lipinski definition) is 1. The molecule has 0 aliphatic carbocycles. The largest absolute Gasteiger partial charge is 0.502 e. The summed E-state index contributed by atoms with van der Waals surface area (Å²) >= 11 is 1.59. The van der Waals surface area contributed by atoms with Gasteiger partial charge in [-0.25, -0.2) is 0 Å². The van der Waals surface area contributed by atoms with Crippen LogP contribution in [-0.2, 0) is 5.75 Å². The molecule has 1 rings (SSSR count). The van der Waals surface area contributed by atoms with Crippen LogP contribution in [0.25, 0.3) is 0 Å². The van der Waals surface area contributed by atoms with Crippen molar-refractivity contribution in [3.8, 4) is 5.75 Å². The van der Waals surface area contributed by atoms with E-state index in [1.807, 2.05) is 0 Å². The van der Waals surface area contributed by atoms with E-state index in [0.717, 1.165) is 12.0 Å². The molecule has 3 nitrogen and oxygen atoms in total. The van der Waals surface area contributed by atoms with Gasteiger partial charge in [0, 0.05) is 11.8 Å². The van der Waals surface area contributed by atoms with Gasteiger partial charge in [0.1, 0.15) is 12.0 Å². The van der Waals surface area contributed by atoms with Gasteiger partial charge in [-0.3, -0.25) is 4.79 Å². The zero-order valence-corrected chi connectivity index (χ0v) is 7.84. The van der Waals surface area contributed by atoms with Crippen LogP contribution in [0.2, 0.25) is 0 Å². The normalized spacial score (nSPS) is 9.85. The summed E-state index contributed by atoms with van der Waals surface area (Å²) in [5, 5.41) is 8.89. The number of hydrogen-bond acceptors (Lipinski definition) is 4. The molecule has 0 unspecified atom stereocenters. The molecule has 0 aromatic carbocycles. The van der Waals surface area contributed by atoms with Crippen molar-refractivity contribution in [2.45, 2.75) is 5.75 Å². The van der Waals surface area contributed by atoms with Gasteiger partial charge in [0.25, 0.3) is 0 Å². The molecular weight excluding hydrogens is 188 g/mol. The van der Waals surface area contributed by atoms with Crippen LogP contribution in [0.5, 0.6) is 5.75 Å². The predicted octanol–water partition coefficient (Wildman–Crippen LogP) is 1.76. The van der Waals surface area contributed by atoms with E-state index in [2.05, 4.69) is 6.58 Å². The van der Waals surface area contributed by atoms with Crippen LogP contribution < -0.4 is 5.43 Å². The minimum atomic E-state index is -0.402. The van der Waals surface area contributed by atoms with Gasteiger partial charge in [0.15, 0.2) is 5.75 Å². The fourth-order valence-corrected chi connectivity index (χ4v) is 1.40. The summed E-state index contributed by atoms with van der Waals surface area (Å²) in [4.78, 5) is 10.9. The zero-order valence-electron chi connectivity index (χ0n) is 7.03. The first-order valence-corrected chi connectivity index (χ1v) is 4.89. The molecular formula is C9H10O3S. The highest BCUT2D eigenvalue weighted by Crippen LogP contribution is 2.12. The van der Waals surface area contributed by atoms with Gasteiger partial charge in [-0.2, -0.15) is 0 Å². The van der Waals surface area contributed by atoms with Crippen LogP contribution in [0.15, 0.2) is 34.2 Å². The lowest BCUT2D eigenvalue weighted by molar-refractivity contribution is 0.419. The van der Waals surface area contributed by atoms with E-state index < -0.39 is 5.43 Å². The quantitative estimate of drug-likeness (QED) is 0.591. The molecule has 4 heteroatoms. The van der Waals surface area contributed by atoms with Crippen molar-refractivity contribution in [2.24, 2.45) is 0 Å². The molecule has 0 radical (unpaired) electrons. The number of thioether (sulfide) groups is 1. The van der Waals surface area contributed by atoms with Crippen LogP contribution in [0, 0.1) is 0 Å². The second-order valence-corrected chi connectivity index (χ2v) is 3.43. The summed E-state index contributed by atoms with van der Waals surface area (Å²) in [6, 6.07) is 1.30. The van der Waals surface area contributed by atoms with E-state index in [0.29, 0.717) is 11.5 Å². The van der Waals surface area contributed by atoms with Crippen LogP contribution in [0.4, 0.5) is 0 Å². The summed E-state index contributed by atoms with van der Waals surface area (Å²) in [6.07, 6.45) is 2.84. The minimum absolute atomic E-state index is 0.350. The molecule has 0 aliphatic heterocycles. The molecule has 1 N–H and O–H groups in total. The Bertz CT molecular complexity index is 343. The van der Waals surface area contributed by atoms with Crippen molar-refractivity contribution < 1.29 is 9.52 Å². The van der Waals surface area contributed by atoms with Crippen LogP contribution in [-0.4, -0.2) is 10.9 Å². The van der Waals surface area contributed by atoms with Crippen molar-refractivity contribution in [2.75, 3.05) is 5.75 Å². The molecule has 70 valence electrons. The fourth-order valence-electron chi connectivity index (χ4n) is 0.762. The van der Waals surface area contributed by atoms with Crippen molar-refractivity contribution in [3.63, 3.8) is 0 Å². The Labute approximate surface area is 80.1 Å². The number of rotatable bonds is 4. The third kappa shape index (κ3) is 2.99. The van der Waals surface area contributed by atoms with Crippen molar-refractivity contribution in [1.82, 2.24) is 0 Å². The van der Waals surface area contributed by atoms with Gasteiger partial charge in [0.2, 0.25) is 5.43 Å². The van der Waals surface area contributed by atoms with Crippen molar-refractivity contribution >= 4 is 11.8 Å². The lowest BCUT2D eigenvalue weighted by atomic mass is 10.4. The molecule has 0 amide bonds. The Kier molecular flexibility index (Phi) is 3.64. The second-order valence-electron chi connectivity index (χ2n) is 2.40. The maximum absolute atomic E-state index is 10.9. The van der Waals surface area contributed by atoms with E-state index in [9.17, 15) is 4.79 Å². The average molecular weight is 198 g/mol. The minimum Gasteiger partial charge on any atom is -0.502 e. The van der Waals surface area contributed by atoms with Gasteiger partial charge in [-0.15, -0.1) is 18.3 Å². The highest BCUT2D eigenvalue weighted by Gasteiger charge is 2.00. The first-order valence-electron chi connectivity index (χ1n) is 3.73. The first kappa shape index (κ1) is 9.92. The maximum atomic E-state index is 10.9. The molecule has 0 saturated heterocycles. The van der Waals surface area contributed by atoms with Crippen LogP contribution >= 0.6 is 11.8 Å². The highest BCUT2D eigenvalue weighted by atomic mass is 32.2. The van der Waals surface area contributed by atoms with E-state index in [4.69, 9.17) is 9.52 Å². The molecule has 0 spiro atoms. The molecule has 0 aliphatic rings. The van der Waals surface area contributed by atoms with Crippen molar-refractivity contribution in [3.05, 3.63) is 41.0 Å². The molecule has 1 aromatic rings. The molecule has 13 heavy (non-hydrogen) atoms. The smallest absolute Gasteiger partial charge is 0.226 e. The molecule has 0 fully saturated rings. The van der Waals surface area contributed by atoms with Gasteiger partial charge in [-0.05, 0) is 0 Å². The predicted molar refractivity (Wildman–Crippen MR) is 53.0 cm³/mol. The molecule has 0 bridgehead atoms. The Morgan fingerprint density at radius 3 is 3.08 bits per heavy atom. The molecule has 1 aromatic heterocycles. The summed E-state index contributed by atoms with van der Waals surface area (Å²) in [5.41, 5.74) is -0.402. The standard InChI is InChI=1S/C9H10O3S/c1-2-3-13-6-7-4-8(10)9(11)5-12-7/h2,4-5,11H,1,3,6H2. The lowest BCUT2D eigenvalue weighted by Gasteiger charge is -1.97. The summed E-state index contributed by atoms with van der Waals surface area (Å²) in [5.74, 6) is 1.64. The van der Waals surface area contributed by atoms with E-state index in [1.54, 1.807) is 17.8 Å². The van der Waals surface area contributed by atoms with E-state index >= 15 is 0 Å². The van der Waals surface area contributed by atoms with Gasteiger partial charge < -0.3 is 9.52 Å². The van der Waals surface area contributed by atoms with Crippen LogP contribution in [0.1, 0.15) is 5.76 Å². The molecule has 1 heterocycles. The molecule has 0 saturated carbocycles. The Morgan fingerprint density at radius 2 is 2.46 bits per heavy atom. The van der Waals surface area contributed by atoms with Gasteiger partial charge >= 0.3 is 0 Å². The second kappa shape index (κ2) is 4.77. The van der Waals surface area contributed by atoms with Crippen LogP contribution in [0.3, 0.4) is 0 Å². The third-order valence-corrected chi connectivity index (χ3v) is 2.31. The fraction of sp³-hybridized carbons (Fsp3) is 0.222. The van der Waals surface area contributed by atoms with Gasteiger partial charge in [-0.1, -0.05) is 6.08 Å². The summed E-state index contributed by atoms with van der Waals surface area (Å²) in [7, 11) is 0. The lowest BCUT2D eigenvalue weighted by Crippen LogP contribution is -1.99. The Hall–Kier alpha value is -1.16. The number of aromatic hydroxyl groups is 1. The topological polar surface area (TPSA) is 50.4 Å². The van der Waals surface area contributed by atoms with Gasteiger partial charge in [0.05, 0.1) is 5.75 Å². The monoisotopic (exact) mass is 198 g/mol.